The summed E-state index contributed by atoms with van der Waals surface area (Å²) >= 11 is 6.13. The Bertz CT molecular complexity index is 581. The van der Waals surface area contributed by atoms with Gasteiger partial charge in [-0.1, -0.05) is 30.7 Å². The van der Waals surface area contributed by atoms with E-state index in [1.165, 1.54) is 0 Å². The fourth-order valence-corrected chi connectivity index (χ4v) is 3.14. The van der Waals surface area contributed by atoms with Gasteiger partial charge in [0.2, 0.25) is 0 Å². The number of ether oxygens (including phenoxy) is 1. The third kappa shape index (κ3) is 2.27. The lowest BCUT2D eigenvalue weighted by Gasteiger charge is -2.21. The van der Waals surface area contributed by atoms with Crippen molar-refractivity contribution in [2.45, 2.75) is 31.9 Å². The third-order valence-electron chi connectivity index (χ3n) is 3.97. The van der Waals surface area contributed by atoms with E-state index >= 15 is 0 Å². The molecule has 0 amide bonds. The van der Waals surface area contributed by atoms with Crippen LogP contribution in [-0.2, 0) is 4.74 Å². The fraction of sp³-hybridized carbons (Fsp3) is 0.467. The van der Waals surface area contributed by atoms with Crippen LogP contribution >= 0.6 is 11.6 Å². The van der Waals surface area contributed by atoms with Crippen molar-refractivity contribution in [2.24, 2.45) is 11.7 Å². The van der Waals surface area contributed by atoms with Crippen molar-refractivity contribution in [2.75, 3.05) is 6.61 Å². The number of para-hydroxylation sites is 1. The van der Waals surface area contributed by atoms with Crippen LogP contribution < -0.4 is 5.73 Å². The number of furan rings is 1. The van der Waals surface area contributed by atoms with Crippen molar-refractivity contribution < 1.29 is 9.15 Å². The lowest BCUT2D eigenvalue weighted by atomic mass is 9.90. The van der Waals surface area contributed by atoms with Gasteiger partial charge < -0.3 is 14.9 Å². The number of fused-ring (bicyclic) bond motifs is 1. The van der Waals surface area contributed by atoms with Gasteiger partial charge in [0.1, 0.15) is 5.76 Å². The molecule has 1 fully saturated rings. The largest absolute Gasteiger partial charge is 0.458 e. The Hall–Kier alpha value is -1.03. The van der Waals surface area contributed by atoms with Gasteiger partial charge in [-0.2, -0.15) is 0 Å². The molecule has 0 radical (unpaired) electrons. The summed E-state index contributed by atoms with van der Waals surface area (Å²) in [5.74, 6) is 1.13. The third-order valence-corrected chi connectivity index (χ3v) is 4.27. The molecule has 1 aliphatic heterocycles. The van der Waals surface area contributed by atoms with Gasteiger partial charge in [0, 0.05) is 17.9 Å². The van der Waals surface area contributed by atoms with Crippen molar-refractivity contribution in [1.82, 2.24) is 0 Å². The van der Waals surface area contributed by atoms with Crippen LogP contribution in [0.5, 0.6) is 0 Å². The van der Waals surface area contributed by atoms with Gasteiger partial charge in [-0.25, -0.2) is 0 Å². The van der Waals surface area contributed by atoms with Gasteiger partial charge in [0.25, 0.3) is 0 Å². The van der Waals surface area contributed by atoms with Crippen LogP contribution in [0.15, 0.2) is 28.7 Å². The zero-order valence-electron chi connectivity index (χ0n) is 10.9. The molecule has 2 aromatic rings. The van der Waals surface area contributed by atoms with E-state index in [-0.39, 0.29) is 12.1 Å². The molecule has 3 atom stereocenters. The number of hydrogen-bond acceptors (Lipinski definition) is 3. The Balaban J connectivity index is 1.93. The van der Waals surface area contributed by atoms with E-state index in [2.05, 4.69) is 6.92 Å². The Labute approximate surface area is 117 Å². The van der Waals surface area contributed by atoms with Crippen LogP contribution in [0.1, 0.15) is 31.6 Å². The van der Waals surface area contributed by atoms with Crippen molar-refractivity contribution in [3.05, 3.63) is 35.0 Å². The molecular formula is C15H18ClNO2. The molecular weight excluding hydrogens is 262 g/mol. The normalized spacial score (nSPS) is 25.0. The van der Waals surface area contributed by atoms with E-state index in [0.717, 1.165) is 36.2 Å². The first-order valence-corrected chi connectivity index (χ1v) is 7.13. The average molecular weight is 280 g/mol. The molecule has 1 saturated heterocycles. The van der Waals surface area contributed by atoms with Crippen molar-refractivity contribution in [3.8, 4) is 0 Å². The first kappa shape index (κ1) is 13.0. The summed E-state index contributed by atoms with van der Waals surface area (Å²) in [4.78, 5) is 0. The smallest absolute Gasteiger partial charge is 0.152 e. The van der Waals surface area contributed by atoms with E-state index in [4.69, 9.17) is 26.5 Å². The average Bonchev–Trinajstić information content (AvgIpc) is 3.04. The van der Waals surface area contributed by atoms with Crippen LogP contribution in [0.4, 0.5) is 0 Å². The van der Waals surface area contributed by atoms with Gasteiger partial charge >= 0.3 is 0 Å². The van der Waals surface area contributed by atoms with Gasteiger partial charge in [0.05, 0.1) is 17.2 Å². The van der Waals surface area contributed by atoms with Crippen molar-refractivity contribution in [3.63, 3.8) is 0 Å². The molecule has 0 spiro atoms. The van der Waals surface area contributed by atoms with Crippen LogP contribution in [0, 0.1) is 5.92 Å². The monoisotopic (exact) mass is 279 g/mol. The quantitative estimate of drug-likeness (QED) is 0.927. The summed E-state index contributed by atoms with van der Waals surface area (Å²) in [5, 5.41) is 1.63. The maximum Gasteiger partial charge on any atom is 0.152 e. The summed E-state index contributed by atoms with van der Waals surface area (Å²) in [6, 6.07) is 7.61. The van der Waals surface area contributed by atoms with Gasteiger partial charge in [-0.15, -0.1) is 0 Å². The van der Waals surface area contributed by atoms with E-state index < -0.39 is 0 Å². The maximum absolute atomic E-state index is 6.36. The number of hydrogen-bond donors (Lipinski definition) is 1. The topological polar surface area (TPSA) is 48.4 Å². The maximum atomic E-state index is 6.36. The lowest BCUT2D eigenvalue weighted by Crippen LogP contribution is -2.27. The predicted octanol–water partition coefficient (Wildman–Crippen LogP) is 3.90. The molecule has 0 saturated carbocycles. The summed E-state index contributed by atoms with van der Waals surface area (Å²) < 4.78 is 11.6. The lowest BCUT2D eigenvalue weighted by molar-refractivity contribution is 0.0794. The van der Waals surface area contributed by atoms with Gasteiger partial charge in [-0.3, -0.25) is 0 Å². The van der Waals surface area contributed by atoms with Crippen molar-refractivity contribution >= 4 is 22.6 Å². The number of halogens is 1. The second-order valence-electron chi connectivity index (χ2n) is 5.10. The fourth-order valence-electron chi connectivity index (χ4n) is 2.92. The highest BCUT2D eigenvalue weighted by molar-refractivity contribution is 6.34. The minimum atomic E-state index is -0.129. The highest BCUT2D eigenvalue weighted by Crippen LogP contribution is 2.36. The van der Waals surface area contributed by atoms with Crippen LogP contribution in [0.3, 0.4) is 0 Å². The highest BCUT2D eigenvalue weighted by atomic mass is 35.5. The molecule has 3 unspecified atom stereocenters. The minimum absolute atomic E-state index is 0.129. The minimum Gasteiger partial charge on any atom is -0.458 e. The molecule has 102 valence electrons. The van der Waals surface area contributed by atoms with E-state index in [1.807, 2.05) is 24.3 Å². The molecule has 1 aromatic heterocycles. The molecule has 0 bridgehead atoms. The predicted molar refractivity (Wildman–Crippen MR) is 76.3 cm³/mol. The first-order chi connectivity index (χ1) is 9.20. The summed E-state index contributed by atoms with van der Waals surface area (Å²) in [6.07, 6.45) is 2.21. The summed E-state index contributed by atoms with van der Waals surface area (Å²) in [7, 11) is 0. The molecule has 3 rings (SSSR count). The Morgan fingerprint density at radius 3 is 3.05 bits per heavy atom. The molecule has 19 heavy (non-hydrogen) atoms. The van der Waals surface area contributed by atoms with E-state index in [1.54, 1.807) is 0 Å². The SMILES string of the molecule is CCC1OCCC1C(N)c1cc2cccc(Cl)c2o1. The number of nitrogens with two attached hydrogens (primary N) is 1. The molecule has 1 aromatic carbocycles. The van der Waals surface area contributed by atoms with Gasteiger partial charge in [0.15, 0.2) is 5.58 Å². The number of rotatable bonds is 3. The van der Waals surface area contributed by atoms with Crippen LogP contribution in [0.2, 0.25) is 5.02 Å². The first-order valence-electron chi connectivity index (χ1n) is 6.76. The van der Waals surface area contributed by atoms with Crippen LogP contribution in [-0.4, -0.2) is 12.7 Å². The standard InChI is InChI=1S/C15H18ClNO2/c1-2-12-10(6-7-18-12)14(17)13-8-9-4-3-5-11(16)15(9)19-13/h3-5,8,10,12,14H,2,6-7,17H2,1H3. The summed E-state index contributed by atoms with van der Waals surface area (Å²) in [5.41, 5.74) is 7.09. The number of benzene rings is 1. The molecule has 1 aliphatic rings. The summed E-state index contributed by atoms with van der Waals surface area (Å²) in [6.45, 7) is 2.92. The molecule has 2 N–H and O–H groups in total. The second-order valence-corrected chi connectivity index (χ2v) is 5.51. The highest BCUT2D eigenvalue weighted by Gasteiger charge is 2.34. The zero-order chi connectivity index (χ0) is 13.4. The Morgan fingerprint density at radius 2 is 2.32 bits per heavy atom. The molecule has 3 nitrogen and oxygen atoms in total. The van der Waals surface area contributed by atoms with Gasteiger partial charge in [-0.05, 0) is 25.0 Å². The second kappa shape index (κ2) is 5.16. The van der Waals surface area contributed by atoms with Crippen molar-refractivity contribution in [1.29, 1.82) is 0 Å². The van der Waals surface area contributed by atoms with E-state index in [9.17, 15) is 0 Å². The Kier molecular flexibility index (Phi) is 3.52. The molecule has 4 heteroatoms. The molecule has 2 heterocycles. The van der Waals surface area contributed by atoms with E-state index in [0.29, 0.717) is 10.9 Å². The zero-order valence-corrected chi connectivity index (χ0v) is 11.7. The molecule has 0 aliphatic carbocycles. The van der Waals surface area contributed by atoms with Crippen LogP contribution in [0.25, 0.3) is 11.0 Å². The Morgan fingerprint density at radius 1 is 1.47 bits per heavy atom.